The SMILES string of the molecule is O=C1/C(=C\c2cn(Cc3ccc(F)cc3Cl)c3ccccc23)SC(=S)N1c1cccc([N+](=O)[O-])c1. The Labute approximate surface area is 213 Å². The van der Waals surface area contributed by atoms with Crippen LogP contribution in [0.25, 0.3) is 17.0 Å². The van der Waals surface area contributed by atoms with Gasteiger partial charge < -0.3 is 4.57 Å². The molecule has 3 aromatic carbocycles. The monoisotopic (exact) mass is 523 g/mol. The zero-order valence-corrected chi connectivity index (χ0v) is 20.2. The Kier molecular flexibility index (Phi) is 6.14. The van der Waals surface area contributed by atoms with Gasteiger partial charge in [-0.3, -0.25) is 19.8 Å². The second-order valence-electron chi connectivity index (χ2n) is 7.76. The first kappa shape index (κ1) is 23.2. The van der Waals surface area contributed by atoms with Crippen LogP contribution in [-0.2, 0) is 11.3 Å². The quantitative estimate of drug-likeness (QED) is 0.125. The maximum atomic E-state index is 13.5. The number of nitro groups is 1. The highest BCUT2D eigenvalue weighted by molar-refractivity contribution is 8.27. The third-order valence-electron chi connectivity index (χ3n) is 5.55. The molecule has 0 aliphatic carbocycles. The summed E-state index contributed by atoms with van der Waals surface area (Å²) in [6.45, 7) is 0.419. The van der Waals surface area contributed by atoms with Gasteiger partial charge in [0.05, 0.1) is 15.5 Å². The molecule has 0 radical (unpaired) electrons. The number of para-hydroxylation sites is 1. The van der Waals surface area contributed by atoms with Crippen molar-refractivity contribution in [3.63, 3.8) is 0 Å². The fraction of sp³-hybridized carbons (Fsp3) is 0.0400. The molecule has 174 valence electrons. The van der Waals surface area contributed by atoms with Gasteiger partial charge in [0.25, 0.3) is 11.6 Å². The van der Waals surface area contributed by atoms with Gasteiger partial charge in [0.2, 0.25) is 0 Å². The Bertz CT molecular complexity index is 1570. The molecule has 0 bridgehead atoms. The summed E-state index contributed by atoms with van der Waals surface area (Å²) in [5.41, 5.74) is 2.71. The molecule has 0 unspecified atom stereocenters. The van der Waals surface area contributed by atoms with Crippen molar-refractivity contribution in [3.05, 3.63) is 110 Å². The van der Waals surface area contributed by atoms with Crippen LogP contribution in [0.5, 0.6) is 0 Å². The van der Waals surface area contributed by atoms with Crippen LogP contribution in [0.4, 0.5) is 15.8 Å². The summed E-state index contributed by atoms with van der Waals surface area (Å²) in [5.74, 6) is -0.749. The number of hydrogen-bond acceptors (Lipinski definition) is 5. The van der Waals surface area contributed by atoms with Gasteiger partial charge in [-0.15, -0.1) is 0 Å². The molecular formula is C25H15ClFN3O3S2. The highest BCUT2D eigenvalue weighted by Gasteiger charge is 2.34. The molecule has 5 rings (SSSR count). The van der Waals surface area contributed by atoms with Crippen LogP contribution < -0.4 is 4.90 Å². The molecule has 10 heteroatoms. The van der Waals surface area contributed by atoms with Gasteiger partial charge in [0.15, 0.2) is 4.32 Å². The van der Waals surface area contributed by atoms with Gasteiger partial charge in [-0.1, -0.05) is 65.9 Å². The molecule has 2 heterocycles. The molecular weight excluding hydrogens is 509 g/mol. The maximum absolute atomic E-state index is 13.5. The molecule has 6 nitrogen and oxygen atoms in total. The molecule has 0 atom stereocenters. The van der Waals surface area contributed by atoms with E-state index < -0.39 is 10.7 Å². The van der Waals surface area contributed by atoms with Gasteiger partial charge in [-0.25, -0.2) is 4.39 Å². The van der Waals surface area contributed by atoms with Crippen molar-refractivity contribution in [2.75, 3.05) is 4.90 Å². The predicted molar refractivity (Wildman–Crippen MR) is 141 cm³/mol. The fourth-order valence-corrected chi connectivity index (χ4v) is 5.45. The number of benzene rings is 3. The first-order valence-electron chi connectivity index (χ1n) is 10.4. The summed E-state index contributed by atoms with van der Waals surface area (Å²) < 4.78 is 15.8. The maximum Gasteiger partial charge on any atom is 0.271 e. The average molecular weight is 524 g/mol. The number of thiocarbonyl (C=S) groups is 1. The molecule has 1 saturated heterocycles. The van der Waals surface area contributed by atoms with Crippen molar-refractivity contribution in [2.24, 2.45) is 0 Å². The average Bonchev–Trinajstić information content (AvgIpc) is 3.32. The topological polar surface area (TPSA) is 68.4 Å². The lowest BCUT2D eigenvalue weighted by molar-refractivity contribution is -0.384. The fourth-order valence-electron chi connectivity index (χ4n) is 3.93. The first-order valence-corrected chi connectivity index (χ1v) is 12.0. The van der Waals surface area contributed by atoms with Crippen LogP contribution in [0, 0.1) is 15.9 Å². The number of fused-ring (bicyclic) bond motifs is 1. The van der Waals surface area contributed by atoms with Crippen LogP contribution in [-0.4, -0.2) is 19.7 Å². The number of amides is 1. The number of hydrogen-bond donors (Lipinski definition) is 0. The number of carbonyl (C=O) groups is 1. The first-order chi connectivity index (χ1) is 16.8. The van der Waals surface area contributed by atoms with Crippen molar-refractivity contribution in [1.82, 2.24) is 4.57 Å². The third kappa shape index (κ3) is 4.45. The zero-order chi connectivity index (χ0) is 24.7. The molecule has 1 aromatic heterocycles. The van der Waals surface area contributed by atoms with Crippen LogP contribution >= 0.6 is 35.6 Å². The van der Waals surface area contributed by atoms with Crippen LogP contribution in [0.15, 0.2) is 77.8 Å². The number of anilines is 1. The minimum Gasteiger partial charge on any atom is -0.342 e. The molecule has 1 aliphatic heterocycles. The highest BCUT2D eigenvalue weighted by Crippen LogP contribution is 2.38. The zero-order valence-electron chi connectivity index (χ0n) is 17.9. The normalized spacial score (nSPS) is 14.9. The lowest BCUT2D eigenvalue weighted by Crippen LogP contribution is -2.27. The molecule has 1 amide bonds. The van der Waals surface area contributed by atoms with Crippen molar-refractivity contribution in [1.29, 1.82) is 0 Å². The Morgan fingerprint density at radius 2 is 1.91 bits per heavy atom. The number of thioether (sulfide) groups is 1. The van der Waals surface area contributed by atoms with Crippen LogP contribution in [0.1, 0.15) is 11.1 Å². The van der Waals surface area contributed by atoms with E-state index in [0.29, 0.717) is 26.5 Å². The van der Waals surface area contributed by atoms with E-state index in [4.69, 9.17) is 23.8 Å². The smallest absolute Gasteiger partial charge is 0.271 e. The van der Waals surface area contributed by atoms with Gasteiger partial charge >= 0.3 is 0 Å². The van der Waals surface area contributed by atoms with E-state index in [9.17, 15) is 19.3 Å². The van der Waals surface area contributed by atoms with Gasteiger partial charge in [-0.2, -0.15) is 0 Å². The van der Waals surface area contributed by atoms with E-state index in [1.807, 2.05) is 35.0 Å². The second-order valence-corrected chi connectivity index (χ2v) is 9.84. The molecule has 0 spiro atoms. The van der Waals surface area contributed by atoms with Crippen molar-refractivity contribution < 1.29 is 14.1 Å². The second kappa shape index (κ2) is 9.26. The number of nitrogens with zero attached hydrogens (tertiary/aromatic N) is 3. The van der Waals surface area contributed by atoms with Gasteiger partial charge in [-0.05, 0) is 35.9 Å². The van der Waals surface area contributed by atoms with E-state index in [1.165, 1.54) is 35.2 Å². The number of halogens is 2. The third-order valence-corrected chi connectivity index (χ3v) is 7.21. The number of carbonyl (C=O) groups excluding carboxylic acids is 1. The Morgan fingerprint density at radius 3 is 2.69 bits per heavy atom. The molecule has 0 saturated carbocycles. The molecule has 35 heavy (non-hydrogen) atoms. The Hall–Kier alpha value is -3.53. The van der Waals surface area contributed by atoms with E-state index in [-0.39, 0.29) is 11.6 Å². The standard InChI is InChI=1S/C25H15ClFN3O3S2/c26-21-11-17(27)9-8-15(21)13-28-14-16(20-6-1-2-7-22(20)28)10-23-24(31)29(25(34)35-23)18-4-3-5-19(12-18)30(32)33/h1-12,14H,13H2/b23-10+. The Balaban J connectivity index is 1.52. The van der Waals surface area contributed by atoms with Crippen molar-refractivity contribution in [2.45, 2.75) is 6.54 Å². The van der Waals surface area contributed by atoms with Crippen LogP contribution in [0.3, 0.4) is 0 Å². The molecule has 1 fully saturated rings. The highest BCUT2D eigenvalue weighted by atomic mass is 35.5. The largest absolute Gasteiger partial charge is 0.342 e. The molecule has 4 aromatic rings. The summed E-state index contributed by atoms with van der Waals surface area (Å²) >= 11 is 12.8. The summed E-state index contributed by atoms with van der Waals surface area (Å²) in [7, 11) is 0. The lowest BCUT2D eigenvalue weighted by atomic mass is 10.1. The van der Waals surface area contributed by atoms with E-state index in [0.717, 1.165) is 33.8 Å². The minimum atomic E-state index is -0.515. The Morgan fingerprint density at radius 1 is 1.11 bits per heavy atom. The number of aromatic nitrogens is 1. The number of rotatable bonds is 5. The molecule has 0 N–H and O–H groups in total. The summed E-state index contributed by atoms with van der Waals surface area (Å²) in [4.78, 5) is 25.6. The number of nitro benzene ring substituents is 1. The minimum absolute atomic E-state index is 0.122. The van der Waals surface area contributed by atoms with E-state index in [2.05, 4.69) is 0 Å². The van der Waals surface area contributed by atoms with Crippen LogP contribution in [0.2, 0.25) is 5.02 Å². The molecule has 1 aliphatic rings. The van der Waals surface area contributed by atoms with Crippen molar-refractivity contribution in [3.8, 4) is 0 Å². The predicted octanol–water partition coefficient (Wildman–Crippen LogP) is 6.80. The van der Waals surface area contributed by atoms with Gasteiger partial charge in [0.1, 0.15) is 5.82 Å². The van der Waals surface area contributed by atoms with Gasteiger partial charge in [0, 0.05) is 46.4 Å². The van der Waals surface area contributed by atoms with Crippen molar-refractivity contribution >= 4 is 74.2 Å². The summed E-state index contributed by atoms with van der Waals surface area (Å²) in [5, 5.41) is 12.4. The number of non-ortho nitro benzene ring substituents is 1. The lowest BCUT2D eigenvalue weighted by Gasteiger charge is -2.13. The summed E-state index contributed by atoms with van der Waals surface area (Å²) in [6, 6.07) is 17.8. The van der Waals surface area contributed by atoms with E-state index >= 15 is 0 Å². The van der Waals surface area contributed by atoms with E-state index in [1.54, 1.807) is 18.2 Å². The summed E-state index contributed by atoms with van der Waals surface area (Å²) in [6.07, 6.45) is 3.67.